The van der Waals surface area contributed by atoms with Crippen LogP contribution in [0.4, 0.5) is 0 Å². The predicted molar refractivity (Wildman–Crippen MR) is 112 cm³/mol. The van der Waals surface area contributed by atoms with Crippen molar-refractivity contribution in [2.75, 3.05) is 48.3 Å². The quantitative estimate of drug-likeness (QED) is 0.648. The highest BCUT2D eigenvalue weighted by Crippen LogP contribution is 2.46. The number of hydrogen-bond acceptors (Lipinski definition) is 7. The van der Waals surface area contributed by atoms with Crippen LogP contribution in [0.3, 0.4) is 0 Å². The first-order chi connectivity index (χ1) is 14.6. The van der Waals surface area contributed by atoms with E-state index in [1.165, 1.54) is 0 Å². The molecule has 0 radical (unpaired) electrons. The minimum absolute atomic E-state index is 0.0620. The average Bonchev–Trinajstić information content (AvgIpc) is 3.22. The van der Waals surface area contributed by atoms with Crippen LogP contribution < -0.4 is 18.9 Å². The fourth-order valence-corrected chi connectivity index (χ4v) is 4.28. The van der Waals surface area contributed by atoms with Gasteiger partial charge in [-0.3, -0.25) is 0 Å². The Bertz CT molecular complexity index is 838. The number of aliphatic hydroxyl groups excluding tert-OH is 2. The molecule has 0 aliphatic carbocycles. The van der Waals surface area contributed by atoms with Crippen LogP contribution >= 0.6 is 0 Å². The molecule has 1 saturated heterocycles. The third-order valence-electron chi connectivity index (χ3n) is 5.90. The van der Waals surface area contributed by atoms with E-state index in [0.29, 0.717) is 29.6 Å². The van der Waals surface area contributed by atoms with E-state index in [9.17, 15) is 10.2 Å². The molecular formula is C23H30O7. The Hall–Kier alpha value is -2.48. The Kier molecular flexibility index (Phi) is 7.42. The van der Waals surface area contributed by atoms with E-state index in [1.807, 2.05) is 36.4 Å². The largest absolute Gasteiger partial charge is 0.493 e. The molecule has 2 aromatic rings. The van der Waals surface area contributed by atoms with Crippen molar-refractivity contribution in [1.82, 2.24) is 0 Å². The lowest BCUT2D eigenvalue weighted by Crippen LogP contribution is -2.27. The number of ether oxygens (including phenoxy) is 5. The van der Waals surface area contributed by atoms with Gasteiger partial charge < -0.3 is 33.9 Å². The maximum Gasteiger partial charge on any atom is 0.161 e. The number of aliphatic hydroxyl groups is 2. The summed E-state index contributed by atoms with van der Waals surface area (Å²) in [6.45, 7) is 0.288. The molecule has 1 fully saturated rings. The van der Waals surface area contributed by atoms with Crippen LogP contribution in [0.15, 0.2) is 36.4 Å². The van der Waals surface area contributed by atoms with Gasteiger partial charge in [0.15, 0.2) is 23.0 Å². The molecule has 30 heavy (non-hydrogen) atoms. The topological polar surface area (TPSA) is 86.6 Å². The molecular weight excluding hydrogens is 388 g/mol. The van der Waals surface area contributed by atoms with Crippen molar-refractivity contribution in [1.29, 1.82) is 0 Å². The number of hydrogen-bond donors (Lipinski definition) is 2. The maximum absolute atomic E-state index is 10.2. The molecule has 3 rings (SSSR count). The molecule has 164 valence electrons. The molecule has 7 heteroatoms. The molecule has 2 aromatic carbocycles. The first kappa shape index (κ1) is 22.2. The van der Waals surface area contributed by atoms with Gasteiger partial charge in [0.25, 0.3) is 0 Å². The second-order valence-electron chi connectivity index (χ2n) is 7.28. The lowest BCUT2D eigenvalue weighted by molar-refractivity contribution is 0.0715. The van der Waals surface area contributed by atoms with Gasteiger partial charge in [-0.1, -0.05) is 12.1 Å². The Morgan fingerprint density at radius 1 is 0.867 bits per heavy atom. The van der Waals surface area contributed by atoms with E-state index in [1.54, 1.807) is 28.4 Å². The van der Waals surface area contributed by atoms with Crippen molar-refractivity contribution in [3.05, 3.63) is 47.5 Å². The lowest BCUT2D eigenvalue weighted by Gasteiger charge is -2.28. The van der Waals surface area contributed by atoms with E-state index in [-0.39, 0.29) is 37.1 Å². The molecule has 4 unspecified atom stereocenters. The van der Waals surface area contributed by atoms with Crippen molar-refractivity contribution in [3.8, 4) is 23.0 Å². The minimum atomic E-state index is -0.311. The van der Waals surface area contributed by atoms with Crippen LogP contribution in [0.2, 0.25) is 0 Å². The van der Waals surface area contributed by atoms with Crippen LogP contribution in [0.5, 0.6) is 23.0 Å². The van der Waals surface area contributed by atoms with Gasteiger partial charge in [-0.05, 0) is 41.3 Å². The van der Waals surface area contributed by atoms with Crippen molar-refractivity contribution in [2.24, 2.45) is 11.8 Å². The Morgan fingerprint density at radius 2 is 1.47 bits per heavy atom. The predicted octanol–water partition coefficient (Wildman–Crippen LogP) is 2.79. The molecule has 0 aromatic heterocycles. The molecule has 0 saturated carbocycles. The summed E-state index contributed by atoms with van der Waals surface area (Å²) in [5, 5.41) is 20.4. The summed E-state index contributed by atoms with van der Waals surface area (Å²) in [6.07, 6.45) is -0.311. The van der Waals surface area contributed by atoms with Gasteiger partial charge in [0.2, 0.25) is 0 Å². The van der Waals surface area contributed by atoms with Crippen LogP contribution in [0, 0.1) is 11.8 Å². The lowest BCUT2D eigenvalue weighted by atomic mass is 9.77. The summed E-state index contributed by atoms with van der Waals surface area (Å²) in [5.41, 5.74) is 1.81. The zero-order valence-electron chi connectivity index (χ0n) is 17.8. The standard InChI is InChI=1S/C23H30O7/c1-26-19-7-5-14(9-21(19)28-3)16(11-24)18-13-30-23(17(18)12-25)15-6-8-20(27-2)22(10-15)29-4/h5-10,16-18,23-25H,11-13H2,1-4H3. The first-order valence-corrected chi connectivity index (χ1v) is 9.88. The fourth-order valence-electron chi connectivity index (χ4n) is 4.28. The van der Waals surface area contributed by atoms with Crippen LogP contribution in [0.25, 0.3) is 0 Å². The van der Waals surface area contributed by atoms with E-state index < -0.39 is 0 Å². The van der Waals surface area contributed by atoms with Crippen LogP contribution in [-0.2, 0) is 4.74 Å². The summed E-state index contributed by atoms with van der Waals surface area (Å²) in [5.74, 6) is 2.00. The molecule has 2 N–H and O–H groups in total. The highest BCUT2D eigenvalue weighted by atomic mass is 16.5. The molecule has 1 heterocycles. The molecule has 0 bridgehead atoms. The molecule has 1 aliphatic rings. The van der Waals surface area contributed by atoms with E-state index in [4.69, 9.17) is 23.7 Å². The van der Waals surface area contributed by atoms with Crippen molar-refractivity contribution in [2.45, 2.75) is 12.0 Å². The summed E-state index contributed by atoms with van der Waals surface area (Å²) in [6, 6.07) is 11.2. The zero-order valence-corrected chi connectivity index (χ0v) is 17.8. The highest BCUT2D eigenvalue weighted by molar-refractivity contribution is 5.45. The van der Waals surface area contributed by atoms with Crippen molar-refractivity contribution in [3.63, 3.8) is 0 Å². The average molecular weight is 418 g/mol. The highest BCUT2D eigenvalue weighted by Gasteiger charge is 2.42. The molecule has 0 amide bonds. The normalized spacial score (nSPS) is 21.9. The Morgan fingerprint density at radius 3 is 2.03 bits per heavy atom. The summed E-state index contributed by atoms with van der Waals surface area (Å²) < 4.78 is 27.6. The summed E-state index contributed by atoms with van der Waals surface area (Å²) >= 11 is 0. The van der Waals surface area contributed by atoms with Crippen molar-refractivity contribution < 1.29 is 33.9 Å². The van der Waals surface area contributed by atoms with Gasteiger partial charge >= 0.3 is 0 Å². The summed E-state index contributed by atoms with van der Waals surface area (Å²) in [7, 11) is 6.34. The second kappa shape index (κ2) is 10.0. The SMILES string of the molecule is COc1ccc(C(CO)C2COC(c3ccc(OC)c(OC)c3)C2CO)cc1OC. The fraction of sp³-hybridized carbons (Fsp3) is 0.478. The molecule has 7 nitrogen and oxygen atoms in total. The number of benzene rings is 2. The first-order valence-electron chi connectivity index (χ1n) is 9.88. The van der Waals surface area contributed by atoms with Gasteiger partial charge in [0.05, 0.1) is 47.8 Å². The van der Waals surface area contributed by atoms with Gasteiger partial charge in [-0.25, -0.2) is 0 Å². The van der Waals surface area contributed by atoms with E-state index in [2.05, 4.69) is 0 Å². The van der Waals surface area contributed by atoms with Gasteiger partial charge in [-0.15, -0.1) is 0 Å². The number of methoxy groups -OCH3 is 4. The molecule has 4 atom stereocenters. The third-order valence-corrected chi connectivity index (χ3v) is 5.90. The summed E-state index contributed by atoms with van der Waals surface area (Å²) in [4.78, 5) is 0. The third kappa shape index (κ3) is 4.19. The minimum Gasteiger partial charge on any atom is -0.493 e. The molecule has 1 aliphatic heterocycles. The zero-order chi connectivity index (χ0) is 21.7. The maximum atomic E-state index is 10.2. The van der Waals surface area contributed by atoms with Crippen LogP contribution in [0.1, 0.15) is 23.1 Å². The molecule has 0 spiro atoms. The monoisotopic (exact) mass is 418 g/mol. The smallest absolute Gasteiger partial charge is 0.161 e. The Labute approximate surface area is 177 Å². The number of rotatable bonds is 9. The van der Waals surface area contributed by atoms with Gasteiger partial charge in [0, 0.05) is 18.4 Å². The van der Waals surface area contributed by atoms with Gasteiger partial charge in [-0.2, -0.15) is 0 Å². The van der Waals surface area contributed by atoms with E-state index in [0.717, 1.165) is 11.1 Å². The second-order valence-corrected chi connectivity index (χ2v) is 7.28. The van der Waals surface area contributed by atoms with Crippen LogP contribution in [-0.4, -0.2) is 58.5 Å². The van der Waals surface area contributed by atoms with Crippen molar-refractivity contribution >= 4 is 0 Å². The van der Waals surface area contributed by atoms with Gasteiger partial charge in [0.1, 0.15) is 0 Å². The Balaban J connectivity index is 1.89. The van der Waals surface area contributed by atoms with E-state index >= 15 is 0 Å².